The molecule has 2 heterocycles. The minimum absolute atomic E-state index is 0.00575. The third-order valence-electron chi connectivity index (χ3n) is 8.56. The monoisotopic (exact) mass is 506 g/mol. The van der Waals surface area contributed by atoms with E-state index in [0.717, 1.165) is 43.7 Å². The summed E-state index contributed by atoms with van der Waals surface area (Å²) < 4.78 is 14.5. The average molecular weight is 507 g/mol. The zero-order valence-electron chi connectivity index (χ0n) is 22.5. The van der Waals surface area contributed by atoms with Crippen LogP contribution in [0.3, 0.4) is 0 Å². The number of nitrogens with zero attached hydrogens (tertiary/aromatic N) is 2. The molecule has 1 fully saturated rings. The molecular weight excluding hydrogens is 471 g/mol. The second-order valence-electron chi connectivity index (χ2n) is 12.1. The number of carbonyl (C=O) groups excluding carboxylic acids is 1. The number of anilines is 1. The minimum Gasteiger partial charge on any atom is -0.307 e. The molecule has 0 aromatic heterocycles. The number of amides is 1. The van der Waals surface area contributed by atoms with Crippen molar-refractivity contribution in [3.05, 3.63) is 113 Å². The summed E-state index contributed by atoms with van der Waals surface area (Å²) in [5.74, 6) is -0.237. The van der Waals surface area contributed by atoms with Gasteiger partial charge in [-0.1, -0.05) is 69.3 Å². The van der Waals surface area contributed by atoms with Crippen LogP contribution in [0.15, 0.2) is 84.9 Å². The Kier molecular flexibility index (Phi) is 6.11. The lowest BCUT2D eigenvalue weighted by atomic mass is 9.74. The molecule has 0 atom stereocenters. The van der Waals surface area contributed by atoms with E-state index >= 15 is 0 Å². The van der Waals surface area contributed by atoms with Crippen molar-refractivity contribution in [2.75, 3.05) is 24.5 Å². The minimum atomic E-state index is -0.231. The smallest absolute Gasteiger partial charge is 0.258 e. The van der Waals surface area contributed by atoms with E-state index in [4.69, 9.17) is 0 Å². The van der Waals surface area contributed by atoms with E-state index in [1.54, 1.807) is 12.1 Å². The van der Waals surface area contributed by atoms with Crippen molar-refractivity contribution in [3.8, 4) is 0 Å². The Bertz CT molecular complexity index is 1490. The van der Waals surface area contributed by atoms with Gasteiger partial charge >= 0.3 is 0 Å². The molecule has 4 heteroatoms. The molecule has 0 saturated carbocycles. The number of halogens is 1. The maximum Gasteiger partial charge on any atom is 0.258 e. The van der Waals surface area contributed by atoms with Crippen molar-refractivity contribution < 1.29 is 9.18 Å². The van der Waals surface area contributed by atoms with Gasteiger partial charge in [-0.3, -0.25) is 9.69 Å². The van der Waals surface area contributed by atoms with Crippen LogP contribution in [0.2, 0.25) is 0 Å². The summed E-state index contributed by atoms with van der Waals surface area (Å²) in [6, 6.07) is 28.1. The van der Waals surface area contributed by atoms with Crippen LogP contribution >= 0.6 is 0 Å². The maximum atomic E-state index is 14.5. The molecule has 4 aromatic rings. The Morgan fingerprint density at radius 2 is 1.58 bits per heavy atom. The molecule has 6 rings (SSSR count). The van der Waals surface area contributed by atoms with E-state index in [9.17, 15) is 9.18 Å². The summed E-state index contributed by atoms with van der Waals surface area (Å²) in [6.07, 6.45) is 1.81. The lowest BCUT2D eigenvalue weighted by Crippen LogP contribution is -2.45. The molecule has 0 radical (unpaired) electrons. The molecule has 4 aromatic carbocycles. The summed E-state index contributed by atoms with van der Waals surface area (Å²) in [6.45, 7) is 9.87. The Balaban J connectivity index is 1.21. The fourth-order valence-corrected chi connectivity index (χ4v) is 6.25. The molecule has 3 nitrogen and oxygen atoms in total. The Morgan fingerprint density at radius 3 is 2.29 bits per heavy atom. The number of piperidine rings is 1. The number of fused-ring (bicyclic) bond motifs is 3. The molecule has 2 aliphatic rings. The average Bonchev–Trinajstić information content (AvgIpc) is 3.22. The van der Waals surface area contributed by atoms with E-state index in [2.05, 4.69) is 80.3 Å². The molecule has 1 amide bonds. The first-order valence-electron chi connectivity index (χ1n) is 13.6. The molecule has 194 valence electrons. The van der Waals surface area contributed by atoms with Gasteiger partial charge in [0, 0.05) is 29.8 Å². The Hall–Kier alpha value is -3.50. The van der Waals surface area contributed by atoms with Crippen LogP contribution in [-0.4, -0.2) is 30.4 Å². The normalized spacial score (nSPS) is 17.2. The number of benzene rings is 4. The molecule has 1 saturated heterocycles. The van der Waals surface area contributed by atoms with Gasteiger partial charge in [-0.05, 0) is 95.2 Å². The van der Waals surface area contributed by atoms with Crippen molar-refractivity contribution >= 4 is 22.4 Å². The van der Waals surface area contributed by atoms with Crippen molar-refractivity contribution in [2.24, 2.45) is 0 Å². The van der Waals surface area contributed by atoms with E-state index in [0.29, 0.717) is 12.1 Å². The second-order valence-corrected chi connectivity index (χ2v) is 12.1. The van der Waals surface area contributed by atoms with E-state index in [-0.39, 0.29) is 22.6 Å². The van der Waals surface area contributed by atoms with E-state index in [1.807, 2.05) is 17.0 Å². The molecular formula is C34H35FN2O. The Morgan fingerprint density at radius 1 is 0.868 bits per heavy atom. The first kappa shape index (κ1) is 24.8. The fourth-order valence-electron chi connectivity index (χ4n) is 6.25. The zero-order chi connectivity index (χ0) is 26.5. The highest BCUT2D eigenvalue weighted by Crippen LogP contribution is 2.48. The molecule has 0 bridgehead atoms. The van der Waals surface area contributed by atoms with Gasteiger partial charge in [-0.25, -0.2) is 4.39 Å². The fraction of sp³-hybridized carbons (Fsp3) is 0.324. The molecule has 2 aliphatic heterocycles. The quantitative estimate of drug-likeness (QED) is 0.288. The first-order valence-corrected chi connectivity index (χ1v) is 13.6. The second kappa shape index (κ2) is 9.36. The van der Waals surface area contributed by atoms with Crippen LogP contribution in [0.1, 0.15) is 60.7 Å². The lowest BCUT2D eigenvalue weighted by Gasteiger charge is -2.40. The third-order valence-corrected chi connectivity index (χ3v) is 8.56. The number of hydrogen-bond acceptors (Lipinski definition) is 2. The molecule has 0 unspecified atom stereocenters. The predicted octanol–water partition coefficient (Wildman–Crippen LogP) is 7.47. The van der Waals surface area contributed by atoms with Crippen molar-refractivity contribution in [1.82, 2.24) is 4.90 Å². The van der Waals surface area contributed by atoms with Crippen LogP contribution in [0.4, 0.5) is 10.1 Å². The summed E-state index contributed by atoms with van der Waals surface area (Å²) in [7, 11) is 0. The SMILES string of the molecule is CC(C)(C)c1ccc(C(=O)N2CC3(CCN(Cc4ccc5ccccc5c4)CC3)c3cc(F)ccc32)cc1. The van der Waals surface area contributed by atoms with Gasteiger partial charge in [0.05, 0.1) is 0 Å². The van der Waals surface area contributed by atoms with Crippen LogP contribution in [0, 0.1) is 5.82 Å². The third kappa shape index (κ3) is 4.52. The molecule has 0 aliphatic carbocycles. The van der Waals surface area contributed by atoms with Gasteiger partial charge in [0.1, 0.15) is 5.82 Å². The van der Waals surface area contributed by atoms with Gasteiger partial charge in [-0.2, -0.15) is 0 Å². The highest BCUT2D eigenvalue weighted by atomic mass is 19.1. The largest absolute Gasteiger partial charge is 0.307 e. The van der Waals surface area contributed by atoms with E-state index in [1.165, 1.54) is 28.0 Å². The van der Waals surface area contributed by atoms with Crippen LogP contribution < -0.4 is 4.90 Å². The molecule has 38 heavy (non-hydrogen) atoms. The van der Waals surface area contributed by atoms with Gasteiger partial charge in [0.15, 0.2) is 0 Å². The number of rotatable bonds is 3. The van der Waals surface area contributed by atoms with Crippen molar-refractivity contribution in [3.63, 3.8) is 0 Å². The van der Waals surface area contributed by atoms with Gasteiger partial charge in [0.2, 0.25) is 0 Å². The lowest BCUT2D eigenvalue weighted by molar-refractivity contribution is 0.0975. The van der Waals surface area contributed by atoms with Crippen molar-refractivity contribution in [2.45, 2.75) is 51.0 Å². The van der Waals surface area contributed by atoms with Crippen molar-refractivity contribution in [1.29, 1.82) is 0 Å². The zero-order valence-corrected chi connectivity index (χ0v) is 22.5. The van der Waals surface area contributed by atoms with Gasteiger partial charge in [0.25, 0.3) is 5.91 Å². The van der Waals surface area contributed by atoms with E-state index < -0.39 is 0 Å². The number of hydrogen-bond donors (Lipinski definition) is 0. The Labute approximate surface area is 224 Å². The maximum absolute atomic E-state index is 14.5. The first-order chi connectivity index (χ1) is 18.2. The highest BCUT2D eigenvalue weighted by molar-refractivity contribution is 6.07. The highest BCUT2D eigenvalue weighted by Gasteiger charge is 2.46. The van der Waals surface area contributed by atoms with Crippen LogP contribution in [-0.2, 0) is 17.4 Å². The number of carbonyl (C=O) groups is 1. The summed E-state index contributed by atoms with van der Waals surface area (Å²) in [5.41, 5.74) is 4.87. The summed E-state index contributed by atoms with van der Waals surface area (Å²) in [4.78, 5) is 18.1. The standard InChI is InChI=1S/C34H35FN2O/c1-33(2,3)28-12-10-26(11-13-28)32(38)37-23-34(30-21-29(35)14-15-31(30)37)16-18-36(19-17-34)22-24-8-9-25-6-4-5-7-27(25)20-24/h4-15,20-21H,16-19,22-23H2,1-3H3. The topological polar surface area (TPSA) is 23.6 Å². The van der Waals surface area contributed by atoms with Gasteiger partial charge in [-0.15, -0.1) is 0 Å². The van der Waals surface area contributed by atoms with Crippen LogP contribution in [0.5, 0.6) is 0 Å². The van der Waals surface area contributed by atoms with Gasteiger partial charge < -0.3 is 4.90 Å². The summed E-state index contributed by atoms with van der Waals surface area (Å²) in [5, 5.41) is 2.53. The molecule has 1 spiro atoms. The predicted molar refractivity (Wildman–Crippen MR) is 153 cm³/mol. The molecule has 0 N–H and O–H groups in total. The van der Waals surface area contributed by atoms with Crippen LogP contribution in [0.25, 0.3) is 10.8 Å². The number of likely N-dealkylation sites (tertiary alicyclic amines) is 1. The summed E-state index contributed by atoms with van der Waals surface area (Å²) >= 11 is 0.